The number of carbonyl (C=O) groups excluding carboxylic acids is 1. The molecule has 20 heavy (non-hydrogen) atoms. The van der Waals surface area contributed by atoms with E-state index in [-0.39, 0.29) is 12.2 Å². The Bertz CT molecular complexity index is 474. The predicted octanol–water partition coefficient (Wildman–Crippen LogP) is 1.26. The molecule has 1 aromatic carbocycles. The van der Waals surface area contributed by atoms with Crippen molar-refractivity contribution in [2.45, 2.75) is 13.0 Å². The molecule has 1 heterocycles. The van der Waals surface area contributed by atoms with Crippen LogP contribution in [0.4, 0.5) is 10.1 Å². The maximum Gasteiger partial charge on any atom is 0.339 e. The average Bonchev–Trinajstić information content (AvgIpc) is 2.47. The molecule has 0 saturated carbocycles. The molecule has 1 aromatic rings. The van der Waals surface area contributed by atoms with Crippen molar-refractivity contribution in [2.75, 3.05) is 37.8 Å². The maximum atomic E-state index is 14.1. The largest absolute Gasteiger partial charge is 0.464 e. The highest BCUT2D eigenvalue weighted by atomic mass is 19.1. The van der Waals surface area contributed by atoms with Gasteiger partial charge in [0.2, 0.25) is 0 Å². The van der Waals surface area contributed by atoms with Crippen molar-refractivity contribution in [3.8, 4) is 0 Å². The summed E-state index contributed by atoms with van der Waals surface area (Å²) in [7, 11) is 0. The highest BCUT2D eigenvalue weighted by molar-refractivity contribution is 5.76. The summed E-state index contributed by atoms with van der Waals surface area (Å²) >= 11 is 0. The zero-order valence-electron chi connectivity index (χ0n) is 11.3. The molecule has 2 rings (SSSR count). The Morgan fingerprint density at radius 3 is 2.80 bits per heavy atom. The first-order valence-corrected chi connectivity index (χ1v) is 6.60. The molecule has 1 unspecified atom stereocenters. The SMILES string of the molecule is CCOC(=O)C(O)c1ccc(N2CCOCC2)c(F)c1. The molecule has 0 amide bonds. The van der Waals surface area contributed by atoms with Crippen LogP contribution in [0.1, 0.15) is 18.6 Å². The van der Waals surface area contributed by atoms with Gasteiger partial charge in [-0.2, -0.15) is 0 Å². The number of rotatable bonds is 4. The number of carbonyl (C=O) groups is 1. The third kappa shape index (κ3) is 3.26. The predicted molar refractivity (Wildman–Crippen MR) is 71.0 cm³/mol. The van der Waals surface area contributed by atoms with Crippen LogP contribution in [0.2, 0.25) is 0 Å². The van der Waals surface area contributed by atoms with Gasteiger partial charge in [-0.15, -0.1) is 0 Å². The molecule has 1 N–H and O–H groups in total. The zero-order chi connectivity index (χ0) is 14.5. The van der Waals surface area contributed by atoms with Crippen LogP contribution in [-0.2, 0) is 14.3 Å². The van der Waals surface area contributed by atoms with Crippen LogP contribution in [0.3, 0.4) is 0 Å². The highest BCUT2D eigenvalue weighted by Crippen LogP contribution is 2.24. The second-order valence-electron chi connectivity index (χ2n) is 4.46. The minimum absolute atomic E-state index is 0.171. The van der Waals surface area contributed by atoms with Crippen LogP contribution in [0.15, 0.2) is 18.2 Å². The van der Waals surface area contributed by atoms with E-state index in [0.717, 1.165) is 0 Å². The Morgan fingerprint density at radius 2 is 2.20 bits per heavy atom. The summed E-state index contributed by atoms with van der Waals surface area (Å²) in [5, 5.41) is 9.77. The molecule has 110 valence electrons. The van der Waals surface area contributed by atoms with Crippen molar-refractivity contribution >= 4 is 11.7 Å². The number of morpholine rings is 1. The zero-order valence-corrected chi connectivity index (χ0v) is 11.3. The van der Waals surface area contributed by atoms with E-state index in [1.165, 1.54) is 12.1 Å². The van der Waals surface area contributed by atoms with Crippen molar-refractivity contribution in [3.05, 3.63) is 29.6 Å². The number of anilines is 1. The number of aliphatic hydroxyl groups is 1. The van der Waals surface area contributed by atoms with E-state index in [0.29, 0.717) is 32.0 Å². The third-order valence-corrected chi connectivity index (χ3v) is 3.15. The van der Waals surface area contributed by atoms with Crippen molar-refractivity contribution in [3.63, 3.8) is 0 Å². The summed E-state index contributed by atoms with van der Waals surface area (Å²) in [5.41, 5.74) is 0.645. The van der Waals surface area contributed by atoms with Gasteiger partial charge in [0.05, 0.1) is 25.5 Å². The fourth-order valence-corrected chi connectivity index (χ4v) is 2.11. The number of nitrogens with zero attached hydrogens (tertiary/aromatic N) is 1. The van der Waals surface area contributed by atoms with E-state index in [4.69, 9.17) is 9.47 Å². The van der Waals surface area contributed by atoms with Gasteiger partial charge in [-0.05, 0) is 24.6 Å². The normalized spacial score (nSPS) is 16.9. The number of halogens is 1. The molecular formula is C14H18FNO4. The Hall–Kier alpha value is -1.66. The fraction of sp³-hybridized carbons (Fsp3) is 0.500. The number of hydrogen-bond donors (Lipinski definition) is 1. The first kappa shape index (κ1) is 14.7. The van der Waals surface area contributed by atoms with Crippen molar-refractivity contribution in [1.29, 1.82) is 0 Å². The molecular weight excluding hydrogens is 265 g/mol. The molecule has 1 atom stereocenters. The number of benzene rings is 1. The number of hydrogen-bond acceptors (Lipinski definition) is 5. The molecule has 0 aromatic heterocycles. The van der Waals surface area contributed by atoms with E-state index >= 15 is 0 Å². The molecule has 1 saturated heterocycles. The average molecular weight is 283 g/mol. The van der Waals surface area contributed by atoms with Gasteiger partial charge in [0.15, 0.2) is 6.10 Å². The second-order valence-corrected chi connectivity index (χ2v) is 4.46. The minimum atomic E-state index is -1.46. The van der Waals surface area contributed by atoms with E-state index < -0.39 is 17.9 Å². The first-order valence-electron chi connectivity index (χ1n) is 6.60. The highest BCUT2D eigenvalue weighted by Gasteiger charge is 2.21. The summed E-state index contributed by atoms with van der Waals surface area (Å²) in [6.45, 7) is 4.18. The summed E-state index contributed by atoms with van der Waals surface area (Å²) in [5.74, 6) is -1.24. The smallest absolute Gasteiger partial charge is 0.339 e. The van der Waals surface area contributed by atoms with Crippen LogP contribution < -0.4 is 4.90 Å². The van der Waals surface area contributed by atoms with Crippen molar-refractivity contribution in [1.82, 2.24) is 0 Å². The second kappa shape index (κ2) is 6.67. The summed E-state index contributed by atoms with van der Waals surface area (Å²) in [6.07, 6.45) is -1.46. The lowest BCUT2D eigenvalue weighted by molar-refractivity contribution is -0.153. The lowest BCUT2D eigenvalue weighted by Crippen LogP contribution is -2.36. The van der Waals surface area contributed by atoms with Gasteiger partial charge in [0, 0.05) is 13.1 Å². The van der Waals surface area contributed by atoms with E-state index in [1.807, 2.05) is 4.90 Å². The standard InChI is InChI=1S/C14H18FNO4/c1-2-20-14(18)13(17)10-3-4-12(11(15)9-10)16-5-7-19-8-6-16/h3-4,9,13,17H,2,5-8H2,1H3. The lowest BCUT2D eigenvalue weighted by Gasteiger charge is -2.29. The van der Waals surface area contributed by atoms with Gasteiger partial charge in [-0.3, -0.25) is 0 Å². The summed E-state index contributed by atoms with van der Waals surface area (Å²) < 4.78 is 24.0. The molecule has 1 aliphatic rings. The number of aliphatic hydroxyl groups excluding tert-OH is 1. The van der Waals surface area contributed by atoms with Crippen LogP contribution in [0.25, 0.3) is 0 Å². The van der Waals surface area contributed by atoms with Gasteiger partial charge in [0.1, 0.15) is 5.82 Å². The van der Waals surface area contributed by atoms with Gasteiger partial charge in [-0.1, -0.05) is 6.07 Å². The van der Waals surface area contributed by atoms with Crippen molar-refractivity contribution in [2.24, 2.45) is 0 Å². The molecule has 0 radical (unpaired) electrons. The Morgan fingerprint density at radius 1 is 1.50 bits per heavy atom. The van der Waals surface area contributed by atoms with E-state index in [2.05, 4.69) is 0 Å². The van der Waals surface area contributed by atoms with Crippen LogP contribution >= 0.6 is 0 Å². The van der Waals surface area contributed by atoms with Crippen molar-refractivity contribution < 1.29 is 23.8 Å². The third-order valence-electron chi connectivity index (χ3n) is 3.15. The topological polar surface area (TPSA) is 59.0 Å². The molecule has 0 aliphatic carbocycles. The monoisotopic (exact) mass is 283 g/mol. The van der Waals surface area contributed by atoms with Crippen LogP contribution in [-0.4, -0.2) is 44.0 Å². The van der Waals surface area contributed by atoms with Crippen LogP contribution in [0, 0.1) is 5.82 Å². The fourth-order valence-electron chi connectivity index (χ4n) is 2.11. The molecule has 1 aliphatic heterocycles. The Balaban J connectivity index is 2.14. The van der Waals surface area contributed by atoms with E-state index in [1.54, 1.807) is 13.0 Å². The quantitative estimate of drug-likeness (QED) is 0.843. The molecule has 0 spiro atoms. The summed E-state index contributed by atoms with van der Waals surface area (Å²) in [4.78, 5) is 13.3. The molecule has 0 bridgehead atoms. The van der Waals surface area contributed by atoms with E-state index in [9.17, 15) is 14.3 Å². The van der Waals surface area contributed by atoms with Gasteiger partial charge in [0.25, 0.3) is 0 Å². The maximum absolute atomic E-state index is 14.1. The van der Waals surface area contributed by atoms with Gasteiger partial charge >= 0.3 is 5.97 Å². The first-order chi connectivity index (χ1) is 9.63. The number of esters is 1. The number of ether oxygens (including phenoxy) is 2. The Kier molecular flexibility index (Phi) is 4.92. The van der Waals surface area contributed by atoms with Gasteiger partial charge < -0.3 is 19.5 Å². The molecule has 5 nitrogen and oxygen atoms in total. The lowest BCUT2D eigenvalue weighted by atomic mass is 10.1. The van der Waals surface area contributed by atoms with Gasteiger partial charge in [-0.25, -0.2) is 9.18 Å². The summed E-state index contributed by atoms with van der Waals surface area (Å²) in [6, 6.07) is 4.28. The Labute approximate surface area is 116 Å². The minimum Gasteiger partial charge on any atom is -0.464 e. The van der Waals surface area contributed by atoms with Crippen LogP contribution in [0.5, 0.6) is 0 Å². The molecule has 1 fully saturated rings. The molecule has 6 heteroatoms.